The van der Waals surface area contributed by atoms with Crippen LogP contribution in [0, 0.1) is 25.2 Å². The van der Waals surface area contributed by atoms with Gasteiger partial charge in [0.1, 0.15) is 0 Å². The minimum atomic E-state index is 0.681. The first-order chi connectivity index (χ1) is 10.6. The van der Waals surface area contributed by atoms with Crippen molar-refractivity contribution in [1.82, 2.24) is 0 Å². The maximum absolute atomic E-state index is 9.12. The third-order valence-electron chi connectivity index (χ3n) is 3.67. The van der Waals surface area contributed by atoms with Crippen LogP contribution in [0.5, 0.6) is 0 Å². The fraction of sp³-hybridized carbons (Fsp3) is 0.263. The molecule has 2 rings (SSSR count). The van der Waals surface area contributed by atoms with Crippen LogP contribution in [0.25, 0.3) is 0 Å². The largest absolute Gasteiger partial charge is 0.349 e. The molecule has 1 aliphatic carbocycles. The van der Waals surface area contributed by atoms with Gasteiger partial charge in [-0.15, -0.1) is 0 Å². The van der Waals surface area contributed by atoms with Gasteiger partial charge < -0.3 is 5.32 Å². The van der Waals surface area contributed by atoms with Crippen LogP contribution in [-0.4, -0.2) is 4.99 Å². The third kappa shape index (κ3) is 4.41. The highest BCUT2D eigenvalue weighted by Crippen LogP contribution is 2.22. The van der Waals surface area contributed by atoms with Gasteiger partial charge in [-0.05, 0) is 50.0 Å². The Balaban J connectivity index is 2.10. The molecule has 0 saturated heterocycles. The van der Waals surface area contributed by atoms with Gasteiger partial charge in [-0.1, -0.05) is 48.1 Å². The van der Waals surface area contributed by atoms with E-state index < -0.39 is 0 Å². The lowest BCUT2D eigenvalue weighted by atomic mass is 10.0. The van der Waals surface area contributed by atoms with Gasteiger partial charge in [0, 0.05) is 12.1 Å². The molecule has 0 aromatic heterocycles. The molecule has 3 heteroatoms. The van der Waals surface area contributed by atoms with E-state index in [4.69, 9.17) is 17.5 Å². The van der Waals surface area contributed by atoms with Crippen LogP contribution >= 0.6 is 12.2 Å². The second kappa shape index (κ2) is 7.72. The summed E-state index contributed by atoms with van der Waals surface area (Å²) in [6, 6.07) is 8.42. The lowest BCUT2D eigenvalue weighted by Gasteiger charge is -2.15. The monoisotopic (exact) mass is 308 g/mol. The molecule has 112 valence electrons. The van der Waals surface area contributed by atoms with E-state index in [-0.39, 0.29) is 0 Å². The SMILES string of the molecule is Cc1cccc(C)c1NC(=S)C/C1=C/C(C#N)=C\C=C/CC1. The molecule has 2 nitrogen and oxygen atoms in total. The molecule has 0 saturated carbocycles. The molecule has 0 unspecified atom stereocenters. The minimum absolute atomic E-state index is 0.681. The molecule has 1 aromatic carbocycles. The number of nitriles is 1. The molecule has 0 fully saturated rings. The van der Waals surface area contributed by atoms with E-state index in [2.05, 4.69) is 43.4 Å². The number of hydrogen-bond donors (Lipinski definition) is 1. The highest BCUT2D eigenvalue weighted by molar-refractivity contribution is 7.80. The number of thiocarbonyl (C=S) groups is 1. The van der Waals surface area contributed by atoms with Crippen molar-refractivity contribution in [2.24, 2.45) is 0 Å². The van der Waals surface area contributed by atoms with Crippen LogP contribution in [0.4, 0.5) is 5.69 Å². The maximum atomic E-state index is 9.12. The summed E-state index contributed by atoms with van der Waals surface area (Å²) < 4.78 is 0. The molecule has 0 radical (unpaired) electrons. The van der Waals surface area contributed by atoms with Gasteiger partial charge in [0.2, 0.25) is 0 Å². The Morgan fingerprint density at radius 2 is 2.05 bits per heavy atom. The van der Waals surface area contributed by atoms with Crippen molar-refractivity contribution < 1.29 is 0 Å². The van der Waals surface area contributed by atoms with Gasteiger partial charge in [-0.2, -0.15) is 5.26 Å². The molecule has 0 bridgehead atoms. The van der Waals surface area contributed by atoms with E-state index >= 15 is 0 Å². The second-order valence-electron chi connectivity index (χ2n) is 5.49. The van der Waals surface area contributed by atoms with Crippen molar-refractivity contribution in [3.8, 4) is 6.07 Å². The first-order valence-corrected chi connectivity index (χ1v) is 7.83. The number of para-hydroxylation sites is 1. The summed E-state index contributed by atoms with van der Waals surface area (Å²) in [7, 11) is 0. The number of nitrogens with one attached hydrogen (secondary N) is 1. The Morgan fingerprint density at radius 3 is 2.73 bits per heavy atom. The van der Waals surface area contributed by atoms with Gasteiger partial charge in [-0.3, -0.25) is 0 Å². The van der Waals surface area contributed by atoms with Crippen LogP contribution < -0.4 is 5.32 Å². The normalized spacial score (nSPS) is 20.4. The fourth-order valence-electron chi connectivity index (χ4n) is 2.49. The number of benzene rings is 1. The smallest absolute Gasteiger partial charge is 0.0991 e. The Bertz CT molecular complexity index is 682. The van der Waals surface area contributed by atoms with Crippen molar-refractivity contribution in [1.29, 1.82) is 5.26 Å². The molecule has 0 spiro atoms. The predicted octanol–water partition coefficient (Wildman–Crippen LogP) is 5.16. The molecule has 0 atom stereocenters. The highest BCUT2D eigenvalue weighted by atomic mass is 32.1. The fourth-order valence-corrected chi connectivity index (χ4v) is 2.77. The highest BCUT2D eigenvalue weighted by Gasteiger charge is 2.08. The van der Waals surface area contributed by atoms with Crippen LogP contribution in [0.3, 0.4) is 0 Å². The molecule has 0 aliphatic heterocycles. The van der Waals surface area contributed by atoms with E-state index in [9.17, 15) is 0 Å². The minimum Gasteiger partial charge on any atom is -0.349 e. The van der Waals surface area contributed by atoms with Gasteiger partial charge >= 0.3 is 0 Å². The Kier molecular flexibility index (Phi) is 5.68. The van der Waals surface area contributed by atoms with Crippen molar-refractivity contribution >= 4 is 22.9 Å². The summed E-state index contributed by atoms with van der Waals surface area (Å²) in [4.78, 5) is 0.797. The summed E-state index contributed by atoms with van der Waals surface area (Å²) in [5, 5.41) is 12.5. The summed E-state index contributed by atoms with van der Waals surface area (Å²) in [6.07, 6.45) is 10.4. The van der Waals surface area contributed by atoms with E-state index in [1.165, 1.54) is 16.7 Å². The van der Waals surface area contributed by atoms with Gasteiger partial charge in [0.15, 0.2) is 0 Å². The van der Waals surface area contributed by atoms with Crippen molar-refractivity contribution in [2.75, 3.05) is 5.32 Å². The molecule has 1 aliphatic rings. The molecule has 22 heavy (non-hydrogen) atoms. The quantitative estimate of drug-likeness (QED) is 0.783. The molecule has 0 heterocycles. The van der Waals surface area contributed by atoms with E-state index in [0.29, 0.717) is 12.0 Å². The zero-order valence-corrected chi connectivity index (χ0v) is 13.8. The molecule has 1 N–H and O–H groups in total. The summed E-state index contributed by atoms with van der Waals surface area (Å²) in [5.41, 5.74) is 5.35. The Hall–Kier alpha value is -2.18. The van der Waals surface area contributed by atoms with Crippen molar-refractivity contribution in [2.45, 2.75) is 33.1 Å². The number of anilines is 1. The summed E-state index contributed by atoms with van der Waals surface area (Å²) in [5.74, 6) is 0. The first-order valence-electron chi connectivity index (χ1n) is 7.42. The van der Waals surface area contributed by atoms with Crippen LogP contribution in [0.1, 0.15) is 30.4 Å². The van der Waals surface area contributed by atoms with Gasteiger partial charge in [-0.25, -0.2) is 0 Å². The first kappa shape index (κ1) is 16.2. The van der Waals surface area contributed by atoms with Gasteiger partial charge in [0.05, 0.1) is 16.6 Å². The van der Waals surface area contributed by atoms with E-state index in [0.717, 1.165) is 23.5 Å². The average Bonchev–Trinajstić information content (AvgIpc) is 2.46. The Labute approximate surface area is 137 Å². The van der Waals surface area contributed by atoms with E-state index in [1.807, 2.05) is 24.3 Å². The number of rotatable bonds is 3. The average molecular weight is 308 g/mol. The van der Waals surface area contributed by atoms with Crippen LogP contribution in [0.2, 0.25) is 0 Å². The standard InChI is InChI=1S/C19H20N2S/c1-14-7-6-8-15(2)19(14)21-18(22)12-16-9-4-3-5-10-17(11-16)13-20/h3,5-8,10-11H,4,9,12H2,1-2H3,(H,21,22)/b5-3-,16-11+,17-10+. The number of hydrogen-bond acceptors (Lipinski definition) is 2. The topological polar surface area (TPSA) is 35.8 Å². The predicted molar refractivity (Wildman–Crippen MR) is 96.9 cm³/mol. The summed E-state index contributed by atoms with van der Waals surface area (Å²) >= 11 is 5.52. The van der Waals surface area contributed by atoms with E-state index in [1.54, 1.807) is 0 Å². The lowest BCUT2D eigenvalue weighted by molar-refractivity contribution is 0.950. The number of nitrogens with zero attached hydrogens (tertiary/aromatic N) is 1. The summed E-state index contributed by atoms with van der Waals surface area (Å²) in [6.45, 7) is 4.16. The molecular formula is C19H20N2S. The zero-order valence-electron chi connectivity index (χ0n) is 13.0. The number of aryl methyl sites for hydroxylation is 2. The zero-order chi connectivity index (χ0) is 15.9. The van der Waals surface area contributed by atoms with Crippen molar-refractivity contribution in [3.63, 3.8) is 0 Å². The second-order valence-corrected chi connectivity index (χ2v) is 5.99. The molecule has 0 amide bonds. The Morgan fingerprint density at radius 1 is 1.32 bits per heavy atom. The van der Waals surface area contributed by atoms with Crippen molar-refractivity contribution in [3.05, 3.63) is 64.8 Å². The maximum Gasteiger partial charge on any atom is 0.0991 e. The molecule has 1 aromatic rings. The van der Waals surface area contributed by atoms with Crippen LogP contribution in [0.15, 0.2) is 53.6 Å². The van der Waals surface area contributed by atoms with Gasteiger partial charge in [0.25, 0.3) is 0 Å². The molecular weight excluding hydrogens is 288 g/mol. The lowest BCUT2D eigenvalue weighted by Crippen LogP contribution is -2.12. The third-order valence-corrected chi connectivity index (χ3v) is 3.91. The van der Waals surface area contributed by atoms with Crippen LogP contribution in [-0.2, 0) is 0 Å². The number of allylic oxidation sites excluding steroid dienone is 5.